The molecule has 1 atom stereocenters. The summed E-state index contributed by atoms with van der Waals surface area (Å²) >= 11 is 0. The molecule has 4 nitrogen and oxygen atoms in total. The number of nitrogens with one attached hydrogen (secondary N) is 1. The number of carbonyl (C=O) groups is 1. The molecule has 28 heavy (non-hydrogen) atoms. The van der Waals surface area contributed by atoms with Crippen LogP contribution in [0.15, 0.2) is 36.7 Å². The quantitative estimate of drug-likeness (QED) is 0.640. The van der Waals surface area contributed by atoms with E-state index in [2.05, 4.69) is 10.3 Å². The zero-order chi connectivity index (χ0) is 20.4. The van der Waals surface area contributed by atoms with Crippen molar-refractivity contribution in [2.45, 2.75) is 26.3 Å². The topological polar surface area (TPSA) is 46.9 Å². The van der Waals surface area contributed by atoms with Gasteiger partial charge in [-0.25, -0.2) is 22.5 Å². The Hall–Kier alpha value is -2.90. The minimum Gasteiger partial charge on any atom is -0.354 e. The number of benzene rings is 2. The molecule has 0 aliphatic carbocycles. The highest BCUT2D eigenvalue weighted by Gasteiger charge is 2.26. The first kappa shape index (κ1) is 19.9. The van der Waals surface area contributed by atoms with Crippen molar-refractivity contribution in [3.05, 3.63) is 65.5 Å². The molecular formula is C20H19F4N3O. The van der Waals surface area contributed by atoms with Crippen LogP contribution in [-0.2, 0) is 11.2 Å². The molecule has 8 heteroatoms. The number of amides is 1. The molecule has 0 fully saturated rings. The van der Waals surface area contributed by atoms with Gasteiger partial charge >= 0.3 is 0 Å². The summed E-state index contributed by atoms with van der Waals surface area (Å²) in [4.78, 5) is 16.8. The van der Waals surface area contributed by atoms with Crippen LogP contribution in [0.4, 0.5) is 17.6 Å². The summed E-state index contributed by atoms with van der Waals surface area (Å²) in [5, 5.41) is 2.73. The SMILES string of the molecule is CC(C)C(C(=O)NCCc1cc(F)cc(F)c1)n1cnc2cc(F)c(F)cc21. The van der Waals surface area contributed by atoms with Crippen molar-refractivity contribution >= 4 is 16.9 Å². The number of imidazole rings is 1. The molecule has 1 heterocycles. The molecule has 148 valence electrons. The number of nitrogens with zero attached hydrogens (tertiary/aromatic N) is 2. The van der Waals surface area contributed by atoms with E-state index in [0.29, 0.717) is 11.1 Å². The van der Waals surface area contributed by atoms with Crippen molar-refractivity contribution in [1.82, 2.24) is 14.9 Å². The van der Waals surface area contributed by atoms with Crippen LogP contribution >= 0.6 is 0 Å². The van der Waals surface area contributed by atoms with Gasteiger partial charge in [-0.2, -0.15) is 0 Å². The lowest BCUT2D eigenvalue weighted by molar-refractivity contribution is -0.125. The average molecular weight is 393 g/mol. The lowest BCUT2D eigenvalue weighted by atomic mass is 10.0. The van der Waals surface area contributed by atoms with Gasteiger partial charge in [-0.1, -0.05) is 13.8 Å². The van der Waals surface area contributed by atoms with Crippen LogP contribution in [0.3, 0.4) is 0 Å². The molecule has 3 rings (SSSR count). The molecule has 0 bridgehead atoms. The van der Waals surface area contributed by atoms with E-state index >= 15 is 0 Å². The van der Waals surface area contributed by atoms with Gasteiger partial charge in [0.25, 0.3) is 0 Å². The number of hydrogen-bond acceptors (Lipinski definition) is 2. The number of hydrogen-bond donors (Lipinski definition) is 1. The minimum atomic E-state index is -1.02. The molecular weight excluding hydrogens is 374 g/mol. The number of halogens is 4. The molecule has 0 aliphatic rings. The molecule has 2 aromatic carbocycles. The smallest absolute Gasteiger partial charge is 0.243 e. The summed E-state index contributed by atoms with van der Waals surface area (Å²) in [7, 11) is 0. The third-order valence-electron chi connectivity index (χ3n) is 4.45. The highest BCUT2D eigenvalue weighted by atomic mass is 19.2. The average Bonchev–Trinajstić information content (AvgIpc) is 2.97. The van der Waals surface area contributed by atoms with Crippen molar-refractivity contribution in [3.8, 4) is 0 Å². The summed E-state index contributed by atoms with van der Waals surface area (Å²) in [6, 6.07) is 4.47. The predicted molar refractivity (Wildman–Crippen MR) is 96.6 cm³/mol. The van der Waals surface area contributed by atoms with E-state index in [-0.39, 0.29) is 30.3 Å². The van der Waals surface area contributed by atoms with Crippen molar-refractivity contribution in [1.29, 1.82) is 0 Å². The molecule has 0 radical (unpaired) electrons. The maximum atomic E-state index is 13.6. The van der Waals surface area contributed by atoms with Gasteiger partial charge < -0.3 is 9.88 Å². The Morgan fingerprint density at radius 2 is 1.68 bits per heavy atom. The van der Waals surface area contributed by atoms with Crippen LogP contribution in [0.2, 0.25) is 0 Å². The third kappa shape index (κ3) is 4.16. The van der Waals surface area contributed by atoms with E-state index in [1.807, 2.05) is 13.8 Å². The summed E-state index contributed by atoms with van der Waals surface area (Å²) in [6.07, 6.45) is 1.62. The minimum absolute atomic E-state index is 0.167. The second-order valence-corrected chi connectivity index (χ2v) is 6.91. The summed E-state index contributed by atoms with van der Waals surface area (Å²) in [6.45, 7) is 3.80. The molecule has 1 amide bonds. The zero-order valence-electron chi connectivity index (χ0n) is 15.3. The van der Waals surface area contributed by atoms with Crippen LogP contribution in [0.25, 0.3) is 11.0 Å². The normalized spacial score (nSPS) is 12.5. The Balaban J connectivity index is 1.77. The van der Waals surface area contributed by atoms with Crippen molar-refractivity contribution in [3.63, 3.8) is 0 Å². The monoisotopic (exact) mass is 393 g/mol. The predicted octanol–water partition coefficient (Wildman–Crippen LogP) is 4.15. The van der Waals surface area contributed by atoms with Crippen molar-refractivity contribution in [2.24, 2.45) is 5.92 Å². The van der Waals surface area contributed by atoms with Gasteiger partial charge in [-0.3, -0.25) is 4.79 Å². The van der Waals surface area contributed by atoms with Gasteiger partial charge in [0.1, 0.15) is 17.7 Å². The van der Waals surface area contributed by atoms with E-state index in [1.54, 1.807) is 0 Å². The molecule has 1 aromatic heterocycles. The second kappa shape index (κ2) is 8.00. The van der Waals surface area contributed by atoms with Gasteiger partial charge in [0.15, 0.2) is 11.6 Å². The Morgan fingerprint density at radius 3 is 2.32 bits per heavy atom. The summed E-state index contributed by atoms with van der Waals surface area (Å²) in [5.74, 6) is -3.91. The fourth-order valence-corrected chi connectivity index (χ4v) is 3.18. The standard InChI is InChI=1S/C20H19F4N3O/c1-11(2)19(27-10-26-17-8-15(23)16(24)9-18(17)27)20(28)25-4-3-12-5-13(21)7-14(22)6-12/h5-11,19H,3-4H2,1-2H3,(H,25,28). The number of aromatic nitrogens is 2. The van der Waals surface area contributed by atoms with Gasteiger partial charge in [0, 0.05) is 24.7 Å². The van der Waals surface area contributed by atoms with Crippen LogP contribution in [-0.4, -0.2) is 22.0 Å². The highest BCUT2D eigenvalue weighted by molar-refractivity contribution is 5.84. The Morgan fingerprint density at radius 1 is 1.04 bits per heavy atom. The highest BCUT2D eigenvalue weighted by Crippen LogP contribution is 2.25. The largest absolute Gasteiger partial charge is 0.354 e. The maximum absolute atomic E-state index is 13.6. The van der Waals surface area contributed by atoms with Crippen LogP contribution < -0.4 is 5.32 Å². The van der Waals surface area contributed by atoms with E-state index in [9.17, 15) is 22.4 Å². The van der Waals surface area contributed by atoms with Gasteiger partial charge in [-0.15, -0.1) is 0 Å². The van der Waals surface area contributed by atoms with Crippen molar-refractivity contribution in [2.75, 3.05) is 6.54 Å². The van der Waals surface area contributed by atoms with E-state index < -0.39 is 29.3 Å². The first-order chi connectivity index (χ1) is 13.3. The molecule has 0 saturated carbocycles. The van der Waals surface area contributed by atoms with E-state index in [0.717, 1.165) is 18.2 Å². The van der Waals surface area contributed by atoms with Gasteiger partial charge in [0.2, 0.25) is 5.91 Å². The van der Waals surface area contributed by atoms with Crippen molar-refractivity contribution < 1.29 is 22.4 Å². The number of fused-ring (bicyclic) bond motifs is 1. The van der Waals surface area contributed by atoms with Gasteiger partial charge in [0.05, 0.1) is 17.4 Å². The molecule has 3 aromatic rings. The maximum Gasteiger partial charge on any atom is 0.243 e. The Bertz CT molecular complexity index is 996. The molecule has 0 saturated heterocycles. The first-order valence-corrected chi connectivity index (χ1v) is 8.80. The summed E-state index contributed by atoms with van der Waals surface area (Å²) < 4.78 is 55.0. The van der Waals surface area contributed by atoms with E-state index in [4.69, 9.17) is 0 Å². The zero-order valence-corrected chi connectivity index (χ0v) is 15.3. The fourth-order valence-electron chi connectivity index (χ4n) is 3.18. The summed E-state index contributed by atoms with van der Waals surface area (Å²) in [5.41, 5.74) is 0.970. The third-order valence-corrected chi connectivity index (χ3v) is 4.45. The first-order valence-electron chi connectivity index (χ1n) is 8.80. The van der Waals surface area contributed by atoms with E-state index in [1.165, 1.54) is 23.0 Å². The Kier molecular flexibility index (Phi) is 5.67. The van der Waals surface area contributed by atoms with Gasteiger partial charge in [-0.05, 0) is 30.0 Å². The molecule has 1 N–H and O–H groups in total. The van der Waals surface area contributed by atoms with Crippen LogP contribution in [0.1, 0.15) is 25.5 Å². The lowest BCUT2D eigenvalue weighted by Crippen LogP contribution is -2.36. The Labute approximate surface area is 159 Å². The molecule has 1 unspecified atom stereocenters. The van der Waals surface area contributed by atoms with Crippen LogP contribution in [0.5, 0.6) is 0 Å². The fraction of sp³-hybridized carbons (Fsp3) is 0.300. The van der Waals surface area contributed by atoms with Crippen LogP contribution in [0, 0.1) is 29.2 Å². The number of rotatable bonds is 6. The lowest BCUT2D eigenvalue weighted by Gasteiger charge is -2.22. The second-order valence-electron chi connectivity index (χ2n) is 6.91. The molecule has 0 aliphatic heterocycles. The molecule has 0 spiro atoms. The number of carbonyl (C=O) groups excluding carboxylic acids is 1.